The SMILES string of the molecule is CN(C)Cc1cnc(C(C)(C)N)o1. The Balaban J connectivity index is 2.75. The maximum atomic E-state index is 5.83. The van der Waals surface area contributed by atoms with Crippen molar-refractivity contribution in [3.8, 4) is 0 Å². The van der Waals surface area contributed by atoms with Crippen LogP contribution in [0.2, 0.25) is 0 Å². The average molecular weight is 183 g/mol. The summed E-state index contributed by atoms with van der Waals surface area (Å²) in [6.45, 7) is 4.50. The van der Waals surface area contributed by atoms with Crippen LogP contribution in [0.5, 0.6) is 0 Å². The number of hydrogen-bond acceptors (Lipinski definition) is 4. The molecule has 0 radical (unpaired) electrons. The topological polar surface area (TPSA) is 55.3 Å². The minimum atomic E-state index is -0.495. The molecule has 0 aromatic carbocycles. The van der Waals surface area contributed by atoms with Gasteiger partial charge in [-0.3, -0.25) is 0 Å². The van der Waals surface area contributed by atoms with Gasteiger partial charge in [0.1, 0.15) is 5.76 Å². The molecule has 0 aliphatic carbocycles. The van der Waals surface area contributed by atoms with Gasteiger partial charge in [0, 0.05) is 0 Å². The average Bonchev–Trinajstić information content (AvgIpc) is 2.32. The highest BCUT2D eigenvalue weighted by Gasteiger charge is 2.20. The van der Waals surface area contributed by atoms with E-state index in [1.807, 2.05) is 32.8 Å². The Morgan fingerprint density at radius 3 is 2.54 bits per heavy atom. The Hall–Kier alpha value is -0.870. The lowest BCUT2D eigenvalue weighted by molar-refractivity contribution is 0.312. The van der Waals surface area contributed by atoms with Crippen molar-refractivity contribution in [1.29, 1.82) is 0 Å². The van der Waals surface area contributed by atoms with Crippen LogP contribution in [0.25, 0.3) is 0 Å². The predicted octanol–water partition coefficient (Wildman–Crippen LogP) is 0.930. The van der Waals surface area contributed by atoms with E-state index in [1.165, 1.54) is 0 Å². The summed E-state index contributed by atoms with van der Waals surface area (Å²) < 4.78 is 5.48. The molecule has 0 bridgehead atoms. The molecule has 4 nitrogen and oxygen atoms in total. The van der Waals surface area contributed by atoms with Gasteiger partial charge in [0.15, 0.2) is 0 Å². The van der Waals surface area contributed by atoms with E-state index in [4.69, 9.17) is 10.2 Å². The number of rotatable bonds is 3. The number of hydrogen-bond donors (Lipinski definition) is 1. The van der Waals surface area contributed by atoms with E-state index in [2.05, 4.69) is 4.98 Å². The second-order valence-corrected chi connectivity index (χ2v) is 4.09. The van der Waals surface area contributed by atoms with Crippen LogP contribution in [0.3, 0.4) is 0 Å². The van der Waals surface area contributed by atoms with Gasteiger partial charge < -0.3 is 15.1 Å². The molecule has 1 aromatic rings. The van der Waals surface area contributed by atoms with E-state index >= 15 is 0 Å². The Labute approximate surface area is 78.7 Å². The summed E-state index contributed by atoms with van der Waals surface area (Å²) in [5.74, 6) is 1.43. The van der Waals surface area contributed by atoms with Gasteiger partial charge >= 0.3 is 0 Å². The minimum absolute atomic E-state index is 0.495. The number of nitrogens with zero attached hydrogens (tertiary/aromatic N) is 2. The van der Waals surface area contributed by atoms with Gasteiger partial charge in [-0.15, -0.1) is 0 Å². The van der Waals surface area contributed by atoms with Crippen LogP contribution in [0.1, 0.15) is 25.5 Å². The Morgan fingerprint density at radius 1 is 1.54 bits per heavy atom. The van der Waals surface area contributed by atoms with Crippen molar-refractivity contribution in [2.45, 2.75) is 25.9 Å². The molecule has 0 aliphatic rings. The Morgan fingerprint density at radius 2 is 2.15 bits per heavy atom. The summed E-state index contributed by atoms with van der Waals surface area (Å²) in [6.07, 6.45) is 1.73. The molecular formula is C9H17N3O. The summed E-state index contributed by atoms with van der Waals surface area (Å²) >= 11 is 0. The molecule has 0 fully saturated rings. The smallest absolute Gasteiger partial charge is 0.213 e. The largest absolute Gasteiger partial charge is 0.442 e. The number of oxazole rings is 1. The van der Waals surface area contributed by atoms with Crippen molar-refractivity contribution in [2.24, 2.45) is 5.73 Å². The van der Waals surface area contributed by atoms with E-state index < -0.39 is 5.54 Å². The van der Waals surface area contributed by atoms with Gasteiger partial charge in [-0.1, -0.05) is 0 Å². The van der Waals surface area contributed by atoms with Crippen LogP contribution in [0.4, 0.5) is 0 Å². The van der Waals surface area contributed by atoms with Gasteiger partial charge in [-0.05, 0) is 27.9 Å². The second kappa shape index (κ2) is 3.47. The number of nitrogens with two attached hydrogens (primary N) is 1. The molecular weight excluding hydrogens is 166 g/mol. The minimum Gasteiger partial charge on any atom is -0.442 e. The fraction of sp³-hybridized carbons (Fsp3) is 0.667. The molecule has 1 rings (SSSR count). The van der Waals surface area contributed by atoms with Crippen molar-refractivity contribution in [3.05, 3.63) is 17.8 Å². The van der Waals surface area contributed by atoms with Crippen molar-refractivity contribution >= 4 is 0 Å². The maximum absolute atomic E-state index is 5.83. The normalized spacial score (nSPS) is 12.5. The highest BCUT2D eigenvalue weighted by atomic mass is 16.4. The van der Waals surface area contributed by atoms with Crippen molar-refractivity contribution < 1.29 is 4.42 Å². The molecule has 0 saturated heterocycles. The third kappa shape index (κ3) is 2.82. The van der Waals surface area contributed by atoms with E-state index in [1.54, 1.807) is 6.20 Å². The quantitative estimate of drug-likeness (QED) is 0.757. The highest BCUT2D eigenvalue weighted by molar-refractivity contribution is 5.01. The summed E-state index contributed by atoms with van der Waals surface area (Å²) in [5.41, 5.74) is 5.34. The highest BCUT2D eigenvalue weighted by Crippen LogP contribution is 2.16. The fourth-order valence-corrected chi connectivity index (χ4v) is 0.990. The first-order valence-electron chi connectivity index (χ1n) is 4.28. The van der Waals surface area contributed by atoms with Crippen molar-refractivity contribution in [2.75, 3.05) is 14.1 Å². The molecule has 13 heavy (non-hydrogen) atoms. The van der Waals surface area contributed by atoms with Crippen LogP contribution in [-0.4, -0.2) is 24.0 Å². The zero-order chi connectivity index (χ0) is 10.1. The molecule has 2 N–H and O–H groups in total. The maximum Gasteiger partial charge on any atom is 0.213 e. The van der Waals surface area contributed by atoms with Crippen LogP contribution in [0.15, 0.2) is 10.6 Å². The standard InChI is InChI=1S/C9H17N3O/c1-9(2,10)8-11-5-7(13-8)6-12(3)4/h5H,6,10H2,1-4H3. The third-order valence-corrected chi connectivity index (χ3v) is 1.58. The molecule has 4 heteroatoms. The van der Waals surface area contributed by atoms with E-state index in [9.17, 15) is 0 Å². The summed E-state index contributed by atoms with van der Waals surface area (Å²) in [7, 11) is 3.96. The first-order valence-corrected chi connectivity index (χ1v) is 4.28. The summed E-state index contributed by atoms with van der Waals surface area (Å²) in [6, 6.07) is 0. The van der Waals surface area contributed by atoms with Gasteiger partial charge in [0.05, 0.1) is 18.3 Å². The van der Waals surface area contributed by atoms with Crippen molar-refractivity contribution in [1.82, 2.24) is 9.88 Å². The van der Waals surface area contributed by atoms with Crippen LogP contribution in [0, 0.1) is 0 Å². The summed E-state index contributed by atoms with van der Waals surface area (Å²) in [4.78, 5) is 6.14. The van der Waals surface area contributed by atoms with Gasteiger partial charge in [0.2, 0.25) is 5.89 Å². The van der Waals surface area contributed by atoms with Gasteiger partial charge in [-0.25, -0.2) is 4.98 Å². The molecule has 0 atom stereocenters. The molecule has 0 unspecified atom stereocenters. The van der Waals surface area contributed by atoms with Crippen LogP contribution < -0.4 is 5.73 Å². The van der Waals surface area contributed by atoms with Gasteiger partial charge in [-0.2, -0.15) is 0 Å². The molecule has 0 saturated carbocycles. The molecule has 0 aliphatic heterocycles. The van der Waals surface area contributed by atoms with Crippen LogP contribution in [-0.2, 0) is 12.1 Å². The Kier molecular flexibility index (Phi) is 2.73. The zero-order valence-electron chi connectivity index (χ0n) is 8.66. The lowest BCUT2D eigenvalue weighted by atomic mass is 10.1. The van der Waals surface area contributed by atoms with E-state index in [-0.39, 0.29) is 0 Å². The molecule has 0 amide bonds. The van der Waals surface area contributed by atoms with E-state index in [0.717, 1.165) is 12.3 Å². The van der Waals surface area contributed by atoms with Crippen molar-refractivity contribution in [3.63, 3.8) is 0 Å². The zero-order valence-corrected chi connectivity index (χ0v) is 8.66. The van der Waals surface area contributed by atoms with E-state index in [0.29, 0.717) is 5.89 Å². The lowest BCUT2D eigenvalue weighted by Crippen LogP contribution is -2.28. The number of aromatic nitrogens is 1. The molecule has 1 heterocycles. The lowest BCUT2D eigenvalue weighted by Gasteiger charge is -2.13. The summed E-state index contributed by atoms with van der Waals surface area (Å²) in [5, 5.41) is 0. The first kappa shape index (κ1) is 10.2. The third-order valence-electron chi connectivity index (χ3n) is 1.58. The predicted molar refractivity (Wildman–Crippen MR) is 51.1 cm³/mol. The molecule has 74 valence electrons. The monoisotopic (exact) mass is 183 g/mol. The second-order valence-electron chi connectivity index (χ2n) is 4.09. The Bertz CT molecular complexity index is 273. The molecule has 1 aromatic heterocycles. The molecule has 0 spiro atoms. The van der Waals surface area contributed by atoms with Crippen LogP contribution >= 0.6 is 0 Å². The fourth-order valence-electron chi connectivity index (χ4n) is 0.990. The first-order chi connectivity index (χ1) is 5.89. The van der Waals surface area contributed by atoms with Gasteiger partial charge in [0.25, 0.3) is 0 Å².